The van der Waals surface area contributed by atoms with E-state index in [2.05, 4.69) is 0 Å². The van der Waals surface area contributed by atoms with Crippen LogP contribution in [-0.4, -0.2) is 11.7 Å². The number of hydrogen-bond donors (Lipinski definition) is 1. The highest BCUT2D eigenvalue weighted by atomic mass is 16.3. The third kappa shape index (κ3) is 3.98. The molecule has 0 amide bonds. The molecule has 0 spiro atoms. The number of allylic oxidation sites excluding steroid dienone is 3. The summed E-state index contributed by atoms with van der Waals surface area (Å²) in [5, 5.41) is 8.65. The molecule has 0 rings (SSSR count). The molecular weight excluding hydrogens is 112 g/mol. The van der Waals surface area contributed by atoms with E-state index in [-0.39, 0.29) is 6.61 Å². The van der Waals surface area contributed by atoms with Gasteiger partial charge in [-0.25, -0.2) is 0 Å². The van der Waals surface area contributed by atoms with E-state index in [4.69, 9.17) is 5.11 Å². The number of rotatable bonds is 3. The zero-order valence-electron chi connectivity index (χ0n) is 6.09. The van der Waals surface area contributed by atoms with E-state index in [0.717, 1.165) is 12.0 Å². The zero-order chi connectivity index (χ0) is 7.11. The number of hydrogen-bond acceptors (Lipinski definition) is 1. The van der Waals surface area contributed by atoms with Crippen LogP contribution in [0.3, 0.4) is 0 Å². The van der Waals surface area contributed by atoms with Crippen molar-refractivity contribution >= 4 is 0 Å². The molecule has 1 heteroatoms. The SMILES string of the molecule is CC=CC=C(CC)CO. The lowest BCUT2D eigenvalue weighted by atomic mass is 10.2. The van der Waals surface area contributed by atoms with Crippen LogP contribution in [0.25, 0.3) is 0 Å². The van der Waals surface area contributed by atoms with Crippen molar-refractivity contribution in [1.82, 2.24) is 0 Å². The summed E-state index contributed by atoms with van der Waals surface area (Å²) < 4.78 is 0. The van der Waals surface area contributed by atoms with Crippen molar-refractivity contribution in [2.75, 3.05) is 6.61 Å². The fraction of sp³-hybridized carbons (Fsp3) is 0.500. The average Bonchev–Trinajstić information content (AvgIpc) is 1.91. The number of aliphatic hydroxyl groups is 1. The summed E-state index contributed by atoms with van der Waals surface area (Å²) in [4.78, 5) is 0. The normalized spacial score (nSPS) is 13.0. The molecule has 0 aliphatic carbocycles. The Hall–Kier alpha value is -0.560. The van der Waals surface area contributed by atoms with Crippen LogP contribution < -0.4 is 0 Å². The van der Waals surface area contributed by atoms with Gasteiger partial charge in [0.1, 0.15) is 0 Å². The molecule has 0 unspecified atom stereocenters. The molecule has 0 bridgehead atoms. The lowest BCUT2D eigenvalue weighted by Gasteiger charge is -1.93. The van der Waals surface area contributed by atoms with Gasteiger partial charge >= 0.3 is 0 Å². The predicted molar refractivity (Wildman–Crippen MR) is 40.3 cm³/mol. The van der Waals surface area contributed by atoms with E-state index < -0.39 is 0 Å². The first kappa shape index (κ1) is 8.44. The van der Waals surface area contributed by atoms with Crippen LogP contribution in [0.4, 0.5) is 0 Å². The quantitative estimate of drug-likeness (QED) is 0.572. The number of aliphatic hydroxyl groups excluding tert-OH is 1. The van der Waals surface area contributed by atoms with E-state index >= 15 is 0 Å². The van der Waals surface area contributed by atoms with Crippen LogP contribution in [-0.2, 0) is 0 Å². The predicted octanol–water partition coefficient (Wildman–Crippen LogP) is 1.89. The summed E-state index contributed by atoms with van der Waals surface area (Å²) in [6, 6.07) is 0. The highest BCUT2D eigenvalue weighted by Crippen LogP contribution is 1.97. The molecule has 9 heavy (non-hydrogen) atoms. The Balaban J connectivity index is 3.75. The van der Waals surface area contributed by atoms with Crippen molar-refractivity contribution in [2.24, 2.45) is 0 Å². The van der Waals surface area contributed by atoms with Crippen LogP contribution in [0.5, 0.6) is 0 Å². The fourth-order valence-corrected chi connectivity index (χ4v) is 0.515. The summed E-state index contributed by atoms with van der Waals surface area (Å²) in [7, 11) is 0. The van der Waals surface area contributed by atoms with Gasteiger partial charge in [-0.05, 0) is 18.9 Å². The monoisotopic (exact) mass is 126 g/mol. The van der Waals surface area contributed by atoms with Gasteiger partial charge in [-0.2, -0.15) is 0 Å². The van der Waals surface area contributed by atoms with Crippen molar-refractivity contribution in [3.8, 4) is 0 Å². The zero-order valence-corrected chi connectivity index (χ0v) is 6.09. The maximum atomic E-state index is 8.65. The maximum Gasteiger partial charge on any atom is 0.0644 e. The highest BCUT2D eigenvalue weighted by Gasteiger charge is 1.85. The smallest absolute Gasteiger partial charge is 0.0644 e. The maximum absolute atomic E-state index is 8.65. The second kappa shape index (κ2) is 5.57. The molecule has 52 valence electrons. The molecule has 0 atom stereocenters. The molecule has 0 aliphatic heterocycles. The van der Waals surface area contributed by atoms with Crippen molar-refractivity contribution in [3.63, 3.8) is 0 Å². The molecular formula is C8H14O. The Morgan fingerprint density at radius 1 is 1.56 bits per heavy atom. The minimum absolute atomic E-state index is 0.181. The molecule has 0 aromatic rings. The van der Waals surface area contributed by atoms with E-state index in [1.807, 2.05) is 32.1 Å². The standard InChI is InChI=1S/C8H14O/c1-3-5-6-8(4-2)7-9/h3,5-6,9H,4,7H2,1-2H3. The van der Waals surface area contributed by atoms with E-state index in [9.17, 15) is 0 Å². The first-order chi connectivity index (χ1) is 4.35. The Bertz CT molecular complexity index is 106. The van der Waals surface area contributed by atoms with Gasteiger partial charge in [0.15, 0.2) is 0 Å². The van der Waals surface area contributed by atoms with Crippen molar-refractivity contribution in [2.45, 2.75) is 20.3 Å². The molecule has 0 aromatic heterocycles. The molecule has 1 N–H and O–H groups in total. The largest absolute Gasteiger partial charge is 0.392 e. The van der Waals surface area contributed by atoms with Crippen LogP contribution in [0, 0.1) is 0 Å². The Morgan fingerprint density at radius 3 is 2.56 bits per heavy atom. The fourth-order valence-electron chi connectivity index (χ4n) is 0.515. The summed E-state index contributed by atoms with van der Waals surface area (Å²) in [6.07, 6.45) is 6.77. The van der Waals surface area contributed by atoms with Crippen molar-refractivity contribution in [1.29, 1.82) is 0 Å². The van der Waals surface area contributed by atoms with Gasteiger partial charge in [0, 0.05) is 0 Å². The first-order valence-corrected chi connectivity index (χ1v) is 3.26. The molecule has 1 nitrogen and oxygen atoms in total. The molecule has 0 fully saturated rings. The molecule has 0 saturated carbocycles. The summed E-state index contributed by atoms with van der Waals surface area (Å²) >= 11 is 0. The van der Waals surface area contributed by atoms with E-state index in [0.29, 0.717) is 0 Å². The first-order valence-electron chi connectivity index (χ1n) is 3.26. The summed E-state index contributed by atoms with van der Waals surface area (Å²) in [5.41, 5.74) is 1.08. The van der Waals surface area contributed by atoms with Gasteiger partial charge < -0.3 is 5.11 Å². The van der Waals surface area contributed by atoms with Crippen molar-refractivity contribution in [3.05, 3.63) is 23.8 Å². The summed E-state index contributed by atoms with van der Waals surface area (Å²) in [6.45, 7) is 4.17. The Morgan fingerprint density at radius 2 is 2.22 bits per heavy atom. The highest BCUT2D eigenvalue weighted by molar-refractivity contribution is 5.11. The van der Waals surface area contributed by atoms with E-state index in [1.54, 1.807) is 0 Å². The van der Waals surface area contributed by atoms with Crippen LogP contribution in [0.2, 0.25) is 0 Å². The molecule has 0 radical (unpaired) electrons. The van der Waals surface area contributed by atoms with E-state index in [1.165, 1.54) is 0 Å². The van der Waals surface area contributed by atoms with Crippen LogP contribution in [0.1, 0.15) is 20.3 Å². The molecule has 0 heterocycles. The van der Waals surface area contributed by atoms with Gasteiger partial charge in [-0.15, -0.1) is 0 Å². The van der Waals surface area contributed by atoms with Crippen molar-refractivity contribution < 1.29 is 5.11 Å². The lowest BCUT2D eigenvalue weighted by Crippen LogP contribution is -1.85. The molecule has 0 aliphatic rings. The second-order valence-electron chi connectivity index (χ2n) is 1.86. The Labute approximate surface area is 56.7 Å². The third-order valence-corrected chi connectivity index (χ3v) is 1.18. The lowest BCUT2D eigenvalue weighted by molar-refractivity contribution is 0.328. The third-order valence-electron chi connectivity index (χ3n) is 1.18. The molecule has 0 aromatic carbocycles. The van der Waals surface area contributed by atoms with Crippen LogP contribution >= 0.6 is 0 Å². The van der Waals surface area contributed by atoms with Gasteiger partial charge in [0.25, 0.3) is 0 Å². The topological polar surface area (TPSA) is 20.2 Å². The average molecular weight is 126 g/mol. The van der Waals surface area contributed by atoms with Crippen LogP contribution in [0.15, 0.2) is 23.8 Å². The minimum atomic E-state index is 0.181. The second-order valence-corrected chi connectivity index (χ2v) is 1.86. The van der Waals surface area contributed by atoms with Gasteiger partial charge in [-0.1, -0.05) is 25.2 Å². The van der Waals surface area contributed by atoms with Gasteiger partial charge in [0.2, 0.25) is 0 Å². The van der Waals surface area contributed by atoms with Gasteiger partial charge in [-0.3, -0.25) is 0 Å². The molecule has 0 saturated heterocycles. The summed E-state index contributed by atoms with van der Waals surface area (Å²) in [5.74, 6) is 0. The minimum Gasteiger partial charge on any atom is -0.392 e. The Kier molecular flexibility index (Phi) is 5.23. The van der Waals surface area contributed by atoms with Gasteiger partial charge in [0.05, 0.1) is 6.61 Å².